The van der Waals surface area contributed by atoms with E-state index in [0.717, 1.165) is 31.9 Å². The Kier molecular flexibility index (Phi) is 5.59. The van der Waals surface area contributed by atoms with Crippen molar-refractivity contribution in [3.63, 3.8) is 0 Å². The van der Waals surface area contributed by atoms with Gasteiger partial charge in [-0.2, -0.15) is 0 Å². The first kappa shape index (κ1) is 17.3. The summed E-state index contributed by atoms with van der Waals surface area (Å²) in [6.45, 7) is 8.03. The second kappa shape index (κ2) is 8.06. The summed E-state index contributed by atoms with van der Waals surface area (Å²) in [6, 6.07) is 18.6. The number of benzene rings is 2. The van der Waals surface area contributed by atoms with Crippen LogP contribution < -0.4 is 10.2 Å². The molecule has 0 saturated carbocycles. The Morgan fingerprint density at radius 3 is 2.28 bits per heavy atom. The van der Waals surface area contributed by atoms with Crippen molar-refractivity contribution in [2.45, 2.75) is 19.8 Å². The molecule has 1 aliphatic heterocycles. The average Bonchev–Trinajstić information content (AvgIpc) is 2.67. The van der Waals surface area contributed by atoms with E-state index >= 15 is 0 Å². The maximum Gasteiger partial charge on any atom is 0.241 e. The normalized spacial score (nSPS) is 14.7. The van der Waals surface area contributed by atoms with Gasteiger partial charge in [-0.3, -0.25) is 4.79 Å². The van der Waals surface area contributed by atoms with Gasteiger partial charge in [0.1, 0.15) is 0 Å². The second-order valence-corrected chi connectivity index (χ2v) is 6.80. The van der Waals surface area contributed by atoms with E-state index in [1.54, 1.807) is 0 Å². The lowest BCUT2D eigenvalue weighted by Crippen LogP contribution is -2.50. The van der Waals surface area contributed by atoms with E-state index in [1.807, 2.05) is 23.1 Å². The van der Waals surface area contributed by atoms with Crippen molar-refractivity contribution in [2.75, 3.05) is 42.9 Å². The first-order chi connectivity index (χ1) is 12.1. The van der Waals surface area contributed by atoms with Gasteiger partial charge in [0, 0.05) is 37.6 Å². The molecule has 1 aliphatic rings. The lowest BCUT2D eigenvalue weighted by Gasteiger charge is -2.36. The number of hydrogen-bond donors (Lipinski definition) is 1. The number of nitrogens with one attached hydrogen (secondary N) is 1. The fraction of sp³-hybridized carbons (Fsp3) is 0.381. The van der Waals surface area contributed by atoms with E-state index < -0.39 is 0 Å². The van der Waals surface area contributed by atoms with Crippen LogP contribution in [0.3, 0.4) is 0 Å². The summed E-state index contributed by atoms with van der Waals surface area (Å²) in [5, 5.41) is 3.33. The molecule has 2 aromatic carbocycles. The number of carbonyl (C=O) groups excluding carboxylic acids is 1. The minimum Gasteiger partial charge on any atom is -0.376 e. The predicted molar refractivity (Wildman–Crippen MR) is 104 cm³/mol. The van der Waals surface area contributed by atoms with Crippen molar-refractivity contribution in [3.05, 3.63) is 60.2 Å². The third-order valence-electron chi connectivity index (χ3n) is 4.77. The van der Waals surface area contributed by atoms with Gasteiger partial charge in [-0.05, 0) is 29.7 Å². The summed E-state index contributed by atoms with van der Waals surface area (Å²) in [4.78, 5) is 16.8. The van der Waals surface area contributed by atoms with E-state index in [9.17, 15) is 4.79 Å². The van der Waals surface area contributed by atoms with Crippen LogP contribution in [0.15, 0.2) is 54.6 Å². The monoisotopic (exact) mass is 337 g/mol. The number of amides is 1. The molecular weight excluding hydrogens is 310 g/mol. The Morgan fingerprint density at radius 1 is 0.960 bits per heavy atom. The molecule has 0 aliphatic carbocycles. The van der Waals surface area contributed by atoms with Gasteiger partial charge in [0.2, 0.25) is 5.91 Å². The molecule has 1 heterocycles. The molecule has 4 heteroatoms. The molecule has 1 saturated heterocycles. The molecular formula is C21H27N3O. The molecule has 4 nitrogen and oxygen atoms in total. The number of para-hydroxylation sites is 2. The van der Waals surface area contributed by atoms with Crippen LogP contribution in [0.2, 0.25) is 0 Å². The van der Waals surface area contributed by atoms with Gasteiger partial charge in [-0.1, -0.05) is 50.2 Å². The maximum absolute atomic E-state index is 12.5. The lowest BCUT2D eigenvalue weighted by atomic mass is 10.0. The smallest absolute Gasteiger partial charge is 0.241 e. The molecule has 3 rings (SSSR count). The summed E-state index contributed by atoms with van der Waals surface area (Å²) in [5.74, 6) is 0.611. The molecule has 0 aromatic heterocycles. The SMILES string of the molecule is CC(C)c1ccccc1NCC(=O)N1CCN(c2ccccc2)CC1. The average molecular weight is 337 g/mol. The number of piperazine rings is 1. The Labute approximate surface area is 150 Å². The van der Waals surface area contributed by atoms with Gasteiger partial charge in [-0.15, -0.1) is 0 Å². The number of rotatable bonds is 5. The van der Waals surface area contributed by atoms with Crippen molar-refractivity contribution in [2.24, 2.45) is 0 Å². The van der Waals surface area contributed by atoms with Crippen LogP contribution in [-0.2, 0) is 4.79 Å². The summed E-state index contributed by atoms with van der Waals surface area (Å²) in [6.07, 6.45) is 0. The van der Waals surface area contributed by atoms with Crippen LogP contribution in [0.5, 0.6) is 0 Å². The lowest BCUT2D eigenvalue weighted by molar-refractivity contribution is -0.129. The molecule has 1 fully saturated rings. The van der Waals surface area contributed by atoms with E-state index in [2.05, 4.69) is 60.5 Å². The van der Waals surface area contributed by atoms with Crippen LogP contribution in [0.4, 0.5) is 11.4 Å². The Balaban J connectivity index is 1.52. The van der Waals surface area contributed by atoms with Gasteiger partial charge < -0.3 is 15.1 Å². The number of carbonyl (C=O) groups is 1. The van der Waals surface area contributed by atoms with E-state index in [0.29, 0.717) is 12.5 Å². The molecule has 0 unspecified atom stereocenters. The van der Waals surface area contributed by atoms with Crippen molar-refractivity contribution in [1.82, 2.24) is 4.90 Å². The van der Waals surface area contributed by atoms with Crippen LogP contribution >= 0.6 is 0 Å². The Hall–Kier alpha value is -2.49. The van der Waals surface area contributed by atoms with E-state index in [1.165, 1.54) is 11.3 Å². The van der Waals surface area contributed by atoms with Crippen LogP contribution in [0.25, 0.3) is 0 Å². The van der Waals surface area contributed by atoms with Crippen molar-refractivity contribution in [1.29, 1.82) is 0 Å². The van der Waals surface area contributed by atoms with Gasteiger partial charge in [0.05, 0.1) is 6.54 Å². The summed E-state index contributed by atoms with van der Waals surface area (Å²) < 4.78 is 0. The zero-order chi connectivity index (χ0) is 17.6. The predicted octanol–water partition coefficient (Wildman–Crippen LogP) is 3.57. The quantitative estimate of drug-likeness (QED) is 0.906. The highest BCUT2D eigenvalue weighted by Gasteiger charge is 2.21. The minimum atomic E-state index is 0.172. The second-order valence-electron chi connectivity index (χ2n) is 6.80. The topological polar surface area (TPSA) is 35.6 Å². The van der Waals surface area contributed by atoms with Gasteiger partial charge >= 0.3 is 0 Å². The molecule has 0 bridgehead atoms. The molecule has 2 aromatic rings. The molecule has 25 heavy (non-hydrogen) atoms. The van der Waals surface area contributed by atoms with Crippen molar-refractivity contribution >= 4 is 17.3 Å². The summed E-state index contributed by atoms with van der Waals surface area (Å²) in [5.41, 5.74) is 3.55. The number of hydrogen-bond acceptors (Lipinski definition) is 3. The third-order valence-corrected chi connectivity index (χ3v) is 4.77. The highest BCUT2D eigenvalue weighted by atomic mass is 16.2. The first-order valence-corrected chi connectivity index (χ1v) is 9.05. The molecule has 1 amide bonds. The van der Waals surface area contributed by atoms with Gasteiger partial charge in [0.25, 0.3) is 0 Å². The van der Waals surface area contributed by atoms with Crippen LogP contribution in [-0.4, -0.2) is 43.5 Å². The van der Waals surface area contributed by atoms with E-state index in [4.69, 9.17) is 0 Å². The highest BCUT2D eigenvalue weighted by Crippen LogP contribution is 2.23. The van der Waals surface area contributed by atoms with Gasteiger partial charge in [-0.25, -0.2) is 0 Å². The maximum atomic E-state index is 12.5. The molecule has 1 N–H and O–H groups in total. The number of anilines is 2. The standard InChI is InChI=1S/C21H27N3O/c1-17(2)19-10-6-7-11-20(19)22-16-21(25)24-14-12-23(13-15-24)18-8-4-3-5-9-18/h3-11,17,22H,12-16H2,1-2H3. The van der Waals surface area contributed by atoms with E-state index in [-0.39, 0.29) is 5.91 Å². The molecule has 0 radical (unpaired) electrons. The fourth-order valence-corrected chi connectivity index (χ4v) is 3.30. The Bertz CT molecular complexity index is 691. The van der Waals surface area contributed by atoms with Crippen LogP contribution in [0.1, 0.15) is 25.3 Å². The summed E-state index contributed by atoms with van der Waals surface area (Å²) in [7, 11) is 0. The first-order valence-electron chi connectivity index (χ1n) is 9.05. The largest absolute Gasteiger partial charge is 0.376 e. The molecule has 132 valence electrons. The van der Waals surface area contributed by atoms with Crippen molar-refractivity contribution in [3.8, 4) is 0 Å². The van der Waals surface area contributed by atoms with Crippen LogP contribution in [0, 0.1) is 0 Å². The number of nitrogens with zero attached hydrogens (tertiary/aromatic N) is 2. The minimum absolute atomic E-state index is 0.172. The van der Waals surface area contributed by atoms with Gasteiger partial charge in [0.15, 0.2) is 0 Å². The summed E-state index contributed by atoms with van der Waals surface area (Å²) >= 11 is 0. The van der Waals surface area contributed by atoms with Crippen molar-refractivity contribution < 1.29 is 4.79 Å². The Morgan fingerprint density at radius 2 is 1.60 bits per heavy atom. The zero-order valence-electron chi connectivity index (χ0n) is 15.1. The highest BCUT2D eigenvalue weighted by molar-refractivity contribution is 5.81. The molecule has 0 spiro atoms. The third kappa shape index (κ3) is 4.32. The zero-order valence-corrected chi connectivity index (χ0v) is 15.1. The fourth-order valence-electron chi connectivity index (χ4n) is 3.30. The molecule has 0 atom stereocenters.